The molecule has 0 saturated heterocycles. The minimum absolute atomic E-state index is 0.184. The molecule has 0 aliphatic heterocycles. The van der Waals surface area contributed by atoms with Gasteiger partial charge >= 0.3 is 0 Å². The van der Waals surface area contributed by atoms with Crippen LogP contribution in [0.4, 0.5) is 5.95 Å². The van der Waals surface area contributed by atoms with Crippen LogP contribution in [0.15, 0.2) is 30.6 Å². The lowest BCUT2D eigenvalue weighted by molar-refractivity contribution is -0.115. The maximum atomic E-state index is 12.0. The van der Waals surface area contributed by atoms with E-state index in [2.05, 4.69) is 15.3 Å². The van der Waals surface area contributed by atoms with E-state index in [1.54, 1.807) is 38.7 Å². The highest BCUT2D eigenvalue weighted by Gasteiger charge is 2.12. The number of methoxy groups -OCH3 is 2. The Labute approximate surface area is 123 Å². The third kappa shape index (κ3) is 3.68. The number of benzene rings is 1. The Morgan fingerprint density at radius 3 is 2.38 bits per heavy atom. The van der Waals surface area contributed by atoms with Crippen molar-refractivity contribution in [3.05, 3.63) is 41.7 Å². The van der Waals surface area contributed by atoms with Gasteiger partial charge in [-0.15, -0.1) is 0 Å². The van der Waals surface area contributed by atoms with Crippen LogP contribution >= 0.6 is 0 Å². The molecule has 0 spiro atoms. The van der Waals surface area contributed by atoms with Crippen LogP contribution in [0, 0.1) is 6.92 Å². The molecule has 21 heavy (non-hydrogen) atoms. The highest BCUT2D eigenvalue weighted by atomic mass is 16.5. The van der Waals surface area contributed by atoms with E-state index in [1.807, 2.05) is 13.0 Å². The summed E-state index contributed by atoms with van der Waals surface area (Å²) in [6.07, 6.45) is 3.36. The molecule has 1 N–H and O–H groups in total. The van der Waals surface area contributed by atoms with Gasteiger partial charge < -0.3 is 9.47 Å². The number of anilines is 1. The van der Waals surface area contributed by atoms with E-state index in [9.17, 15) is 4.79 Å². The average Bonchev–Trinajstić information content (AvgIpc) is 2.49. The lowest BCUT2D eigenvalue weighted by Crippen LogP contribution is -2.16. The first-order valence-corrected chi connectivity index (χ1v) is 6.42. The highest BCUT2D eigenvalue weighted by Crippen LogP contribution is 2.30. The molecule has 0 saturated carbocycles. The van der Waals surface area contributed by atoms with Gasteiger partial charge in [0.15, 0.2) is 11.5 Å². The number of rotatable bonds is 5. The Kier molecular flexibility index (Phi) is 4.71. The summed E-state index contributed by atoms with van der Waals surface area (Å²) in [7, 11) is 3.14. The Bertz CT molecular complexity index is 630. The molecule has 0 bridgehead atoms. The molecule has 0 radical (unpaired) electrons. The molecule has 0 fully saturated rings. The van der Waals surface area contributed by atoms with Crippen molar-refractivity contribution in [2.24, 2.45) is 0 Å². The largest absolute Gasteiger partial charge is 0.493 e. The number of carbonyl (C=O) groups is 1. The lowest BCUT2D eigenvalue weighted by atomic mass is 10.0. The van der Waals surface area contributed by atoms with Gasteiger partial charge in [-0.05, 0) is 36.2 Å². The monoisotopic (exact) mass is 287 g/mol. The highest BCUT2D eigenvalue weighted by molar-refractivity contribution is 5.90. The smallest absolute Gasteiger partial charge is 0.231 e. The number of nitrogens with one attached hydrogen (secondary N) is 1. The van der Waals surface area contributed by atoms with Crippen molar-refractivity contribution in [1.29, 1.82) is 0 Å². The molecule has 6 heteroatoms. The Morgan fingerprint density at radius 2 is 1.76 bits per heavy atom. The van der Waals surface area contributed by atoms with Crippen LogP contribution in [0.3, 0.4) is 0 Å². The zero-order valence-corrected chi connectivity index (χ0v) is 12.2. The molecule has 0 aliphatic rings. The van der Waals surface area contributed by atoms with E-state index in [0.29, 0.717) is 17.4 Å². The standard InChI is InChI=1S/C15H17N3O3/c1-10-7-12(20-2)13(21-3)8-11(10)9-14(19)18-15-16-5-4-6-17-15/h4-8H,9H2,1-3H3,(H,16,17,18,19). The fourth-order valence-corrected chi connectivity index (χ4v) is 1.92. The molecule has 1 heterocycles. The van der Waals surface area contributed by atoms with Crippen molar-refractivity contribution in [2.75, 3.05) is 19.5 Å². The van der Waals surface area contributed by atoms with Gasteiger partial charge in [0.25, 0.3) is 0 Å². The van der Waals surface area contributed by atoms with Gasteiger partial charge in [0.1, 0.15) is 0 Å². The second-order valence-corrected chi connectivity index (χ2v) is 4.43. The van der Waals surface area contributed by atoms with Gasteiger partial charge in [-0.2, -0.15) is 0 Å². The van der Waals surface area contributed by atoms with E-state index in [4.69, 9.17) is 9.47 Å². The Morgan fingerprint density at radius 1 is 1.14 bits per heavy atom. The first-order chi connectivity index (χ1) is 10.1. The lowest BCUT2D eigenvalue weighted by Gasteiger charge is -2.12. The number of hydrogen-bond donors (Lipinski definition) is 1. The molecule has 0 atom stereocenters. The first kappa shape index (κ1) is 14.8. The van der Waals surface area contributed by atoms with E-state index in [1.165, 1.54) is 0 Å². The molecule has 6 nitrogen and oxygen atoms in total. The van der Waals surface area contributed by atoms with Crippen LogP contribution in [-0.4, -0.2) is 30.1 Å². The zero-order chi connectivity index (χ0) is 15.2. The summed E-state index contributed by atoms with van der Waals surface area (Å²) >= 11 is 0. The van der Waals surface area contributed by atoms with E-state index >= 15 is 0 Å². The van der Waals surface area contributed by atoms with Gasteiger partial charge in [0, 0.05) is 12.4 Å². The quantitative estimate of drug-likeness (QED) is 0.910. The summed E-state index contributed by atoms with van der Waals surface area (Å²) in [6, 6.07) is 5.34. The molecule has 0 unspecified atom stereocenters. The predicted octanol–water partition coefficient (Wildman–Crippen LogP) is 1.98. The number of aryl methyl sites for hydroxylation is 1. The maximum Gasteiger partial charge on any atom is 0.231 e. The molecule has 1 aromatic carbocycles. The van der Waals surface area contributed by atoms with Crippen LogP contribution in [-0.2, 0) is 11.2 Å². The summed E-state index contributed by atoms with van der Waals surface area (Å²) in [6.45, 7) is 1.92. The molecule has 0 aliphatic carbocycles. The molecule has 110 valence electrons. The van der Waals surface area contributed by atoms with Crippen molar-refractivity contribution >= 4 is 11.9 Å². The van der Waals surface area contributed by atoms with Gasteiger partial charge in [-0.3, -0.25) is 10.1 Å². The van der Waals surface area contributed by atoms with Gasteiger partial charge in [-0.25, -0.2) is 9.97 Å². The summed E-state index contributed by atoms with van der Waals surface area (Å²) in [5, 5.41) is 2.65. The number of amides is 1. The Balaban J connectivity index is 2.14. The van der Waals surface area contributed by atoms with E-state index in [-0.39, 0.29) is 12.3 Å². The topological polar surface area (TPSA) is 73.3 Å². The van der Waals surface area contributed by atoms with Crippen LogP contribution in [0.5, 0.6) is 11.5 Å². The summed E-state index contributed by atoms with van der Waals surface area (Å²) in [4.78, 5) is 19.9. The Hall–Kier alpha value is -2.63. The third-order valence-corrected chi connectivity index (χ3v) is 3.01. The second-order valence-electron chi connectivity index (χ2n) is 4.43. The van der Waals surface area contributed by atoms with Crippen LogP contribution < -0.4 is 14.8 Å². The van der Waals surface area contributed by atoms with E-state index < -0.39 is 0 Å². The fourth-order valence-electron chi connectivity index (χ4n) is 1.92. The van der Waals surface area contributed by atoms with Crippen molar-refractivity contribution < 1.29 is 14.3 Å². The van der Waals surface area contributed by atoms with Gasteiger partial charge in [0.05, 0.1) is 20.6 Å². The predicted molar refractivity (Wildman–Crippen MR) is 78.6 cm³/mol. The van der Waals surface area contributed by atoms with Crippen LogP contribution in [0.2, 0.25) is 0 Å². The number of aromatic nitrogens is 2. The third-order valence-electron chi connectivity index (χ3n) is 3.01. The van der Waals surface area contributed by atoms with Crippen molar-refractivity contribution in [1.82, 2.24) is 9.97 Å². The van der Waals surface area contributed by atoms with Crippen LogP contribution in [0.1, 0.15) is 11.1 Å². The van der Waals surface area contributed by atoms with Crippen LogP contribution in [0.25, 0.3) is 0 Å². The number of hydrogen-bond acceptors (Lipinski definition) is 5. The molecule has 2 rings (SSSR count). The van der Waals surface area contributed by atoms with Gasteiger partial charge in [0.2, 0.25) is 11.9 Å². The first-order valence-electron chi connectivity index (χ1n) is 6.42. The summed E-state index contributed by atoms with van der Waals surface area (Å²) < 4.78 is 10.5. The fraction of sp³-hybridized carbons (Fsp3) is 0.267. The van der Waals surface area contributed by atoms with E-state index in [0.717, 1.165) is 11.1 Å². The van der Waals surface area contributed by atoms with Crippen molar-refractivity contribution in [2.45, 2.75) is 13.3 Å². The molecule has 1 aromatic heterocycles. The molecule has 2 aromatic rings. The SMILES string of the molecule is COc1cc(C)c(CC(=O)Nc2ncccn2)cc1OC. The number of carbonyl (C=O) groups excluding carboxylic acids is 1. The van der Waals surface area contributed by atoms with Crippen molar-refractivity contribution in [3.8, 4) is 11.5 Å². The van der Waals surface area contributed by atoms with Gasteiger partial charge in [-0.1, -0.05) is 0 Å². The summed E-state index contributed by atoms with van der Waals surface area (Å²) in [5.41, 5.74) is 1.82. The summed E-state index contributed by atoms with van der Waals surface area (Å²) in [5.74, 6) is 1.35. The molecular weight excluding hydrogens is 270 g/mol. The van der Waals surface area contributed by atoms with Crippen molar-refractivity contribution in [3.63, 3.8) is 0 Å². The number of nitrogens with zero attached hydrogens (tertiary/aromatic N) is 2. The average molecular weight is 287 g/mol. The molecular formula is C15H17N3O3. The number of ether oxygens (including phenoxy) is 2. The molecule has 1 amide bonds. The normalized spacial score (nSPS) is 10.0. The minimum atomic E-state index is -0.184. The second kappa shape index (κ2) is 6.69. The maximum absolute atomic E-state index is 12.0. The minimum Gasteiger partial charge on any atom is -0.493 e. The zero-order valence-electron chi connectivity index (χ0n) is 12.2.